The van der Waals surface area contributed by atoms with E-state index in [4.69, 9.17) is 0 Å². The van der Waals surface area contributed by atoms with Crippen LogP contribution in [0.15, 0.2) is 29.2 Å². The van der Waals surface area contributed by atoms with Crippen molar-refractivity contribution >= 4 is 15.9 Å². The molecule has 0 aliphatic heterocycles. The number of aryl methyl sites for hydroxylation is 1. The zero-order valence-corrected chi connectivity index (χ0v) is 17.1. The van der Waals surface area contributed by atoms with Crippen molar-refractivity contribution in [1.29, 1.82) is 0 Å². The maximum absolute atomic E-state index is 12.5. The highest BCUT2D eigenvalue weighted by molar-refractivity contribution is 7.89. The smallest absolute Gasteiger partial charge is 0.243 e. The van der Waals surface area contributed by atoms with Gasteiger partial charge in [0.05, 0.1) is 4.90 Å². The number of carbonyl (C=O) groups is 1. The SMILES string of the molecule is CCCN(CC1CC1)C(=O)CCc1ccc(S(=O)(=O)N(CC)CC)cc1. The Hall–Kier alpha value is -1.40. The van der Waals surface area contributed by atoms with Gasteiger partial charge in [0.2, 0.25) is 15.9 Å². The van der Waals surface area contributed by atoms with E-state index in [-0.39, 0.29) is 5.91 Å². The molecule has 5 nitrogen and oxygen atoms in total. The molecule has 0 aromatic heterocycles. The number of carbonyl (C=O) groups excluding carboxylic acids is 1. The normalized spacial score (nSPS) is 14.6. The van der Waals surface area contributed by atoms with E-state index in [1.807, 2.05) is 30.9 Å². The molecule has 1 fully saturated rings. The van der Waals surface area contributed by atoms with E-state index in [9.17, 15) is 13.2 Å². The van der Waals surface area contributed by atoms with Gasteiger partial charge in [0.25, 0.3) is 0 Å². The Kier molecular flexibility index (Phi) is 7.65. The molecule has 2 rings (SSSR count). The Morgan fingerprint density at radius 1 is 1.08 bits per heavy atom. The van der Waals surface area contributed by atoms with Crippen molar-refractivity contribution in [3.05, 3.63) is 29.8 Å². The van der Waals surface area contributed by atoms with Crippen LogP contribution in [-0.4, -0.2) is 49.7 Å². The van der Waals surface area contributed by atoms with Gasteiger partial charge in [-0.05, 0) is 49.3 Å². The van der Waals surface area contributed by atoms with Gasteiger partial charge in [-0.3, -0.25) is 4.79 Å². The molecule has 1 aliphatic rings. The van der Waals surface area contributed by atoms with E-state index in [2.05, 4.69) is 6.92 Å². The lowest BCUT2D eigenvalue weighted by Gasteiger charge is -2.22. The van der Waals surface area contributed by atoms with Gasteiger partial charge in [-0.25, -0.2) is 8.42 Å². The van der Waals surface area contributed by atoms with Crippen LogP contribution in [0, 0.1) is 5.92 Å². The predicted octanol–water partition coefficient (Wildman–Crippen LogP) is 3.30. The topological polar surface area (TPSA) is 57.7 Å². The van der Waals surface area contributed by atoms with Gasteiger partial charge in [-0.15, -0.1) is 0 Å². The van der Waals surface area contributed by atoms with Crippen LogP contribution in [0.2, 0.25) is 0 Å². The molecule has 146 valence electrons. The molecule has 0 atom stereocenters. The maximum Gasteiger partial charge on any atom is 0.243 e. The summed E-state index contributed by atoms with van der Waals surface area (Å²) in [5.41, 5.74) is 1.000. The molecular formula is C20H32N2O3S. The van der Waals surface area contributed by atoms with Gasteiger partial charge < -0.3 is 4.90 Å². The van der Waals surface area contributed by atoms with Gasteiger partial charge >= 0.3 is 0 Å². The fourth-order valence-corrected chi connectivity index (χ4v) is 4.61. The second kappa shape index (κ2) is 9.51. The van der Waals surface area contributed by atoms with Crippen LogP contribution in [0.4, 0.5) is 0 Å². The number of rotatable bonds is 11. The minimum atomic E-state index is -3.42. The van der Waals surface area contributed by atoms with Crippen molar-refractivity contribution in [1.82, 2.24) is 9.21 Å². The fraction of sp³-hybridized carbons (Fsp3) is 0.650. The molecule has 0 N–H and O–H groups in total. The lowest BCUT2D eigenvalue weighted by Crippen LogP contribution is -2.33. The van der Waals surface area contributed by atoms with E-state index < -0.39 is 10.0 Å². The molecule has 0 bridgehead atoms. The molecule has 1 amide bonds. The van der Waals surface area contributed by atoms with Crippen LogP contribution >= 0.6 is 0 Å². The highest BCUT2D eigenvalue weighted by atomic mass is 32.2. The number of sulfonamides is 1. The van der Waals surface area contributed by atoms with Crippen LogP contribution < -0.4 is 0 Å². The average molecular weight is 381 g/mol. The van der Waals surface area contributed by atoms with E-state index in [1.54, 1.807) is 12.1 Å². The summed E-state index contributed by atoms with van der Waals surface area (Å²) in [6.45, 7) is 8.43. The Labute approximate surface area is 158 Å². The van der Waals surface area contributed by atoms with Gasteiger partial charge in [0, 0.05) is 32.6 Å². The summed E-state index contributed by atoms with van der Waals surface area (Å²) in [5, 5.41) is 0. The van der Waals surface area contributed by atoms with Crippen molar-refractivity contribution in [3.8, 4) is 0 Å². The van der Waals surface area contributed by atoms with Crippen molar-refractivity contribution in [2.24, 2.45) is 5.92 Å². The zero-order chi connectivity index (χ0) is 19.2. The molecule has 1 aromatic rings. The summed E-state index contributed by atoms with van der Waals surface area (Å²) in [6.07, 6.45) is 4.60. The van der Waals surface area contributed by atoms with Crippen LogP contribution in [0.25, 0.3) is 0 Å². The fourth-order valence-electron chi connectivity index (χ4n) is 3.15. The highest BCUT2D eigenvalue weighted by Crippen LogP contribution is 2.30. The van der Waals surface area contributed by atoms with Crippen molar-refractivity contribution in [3.63, 3.8) is 0 Å². The second-order valence-electron chi connectivity index (χ2n) is 7.02. The van der Waals surface area contributed by atoms with E-state index >= 15 is 0 Å². The van der Waals surface area contributed by atoms with Crippen LogP contribution in [0.1, 0.15) is 52.0 Å². The minimum Gasteiger partial charge on any atom is -0.342 e. The molecule has 0 heterocycles. The highest BCUT2D eigenvalue weighted by Gasteiger charge is 2.26. The average Bonchev–Trinajstić information content (AvgIpc) is 3.44. The first-order valence-electron chi connectivity index (χ1n) is 9.79. The largest absolute Gasteiger partial charge is 0.342 e. The van der Waals surface area contributed by atoms with Crippen LogP contribution in [0.3, 0.4) is 0 Å². The second-order valence-corrected chi connectivity index (χ2v) is 8.95. The van der Waals surface area contributed by atoms with Crippen LogP contribution in [0.5, 0.6) is 0 Å². The Bertz CT molecular complexity index is 678. The number of hydrogen-bond acceptors (Lipinski definition) is 3. The quantitative estimate of drug-likeness (QED) is 0.592. The number of benzene rings is 1. The first-order valence-corrected chi connectivity index (χ1v) is 11.2. The molecular weight excluding hydrogens is 348 g/mol. The summed E-state index contributed by atoms with van der Waals surface area (Å²) < 4.78 is 26.5. The molecule has 0 saturated heterocycles. The molecule has 0 radical (unpaired) electrons. The lowest BCUT2D eigenvalue weighted by molar-refractivity contribution is -0.131. The molecule has 0 unspecified atom stereocenters. The minimum absolute atomic E-state index is 0.207. The Morgan fingerprint density at radius 3 is 2.19 bits per heavy atom. The molecule has 1 aliphatic carbocycles. The van der Waals surface area contributed by atoms with E-state index in [0.29, 0.717) is 36.7 Å². The standard InChI is InChI=1S/C20H32N2O3S/c1-4-15-21(16-18-7-8-18)20(23)14-11-17-9-12-19(13-10-17)26(24,25)22(5-2)6-3/h9-10,12-13,18H,4-8,11,14-16H2,1-3H3. The third-order valence-electron chi connectivity index (χ3n) is 4.92. The predicted molar refractivity (Wildman–Crippen MR) is 104 cm³/mol. The van der Waals surface area contributed by atoms with E-state index in [0.717, 1.165) is 25.1 Å². The lowest BCUT2D eigenvalue weighted by atomic mass is 10.1. The molecule has 1 saturated carbocycles. The Morgan fingerprint density at radius 2 is 1.69 bits per heavy atom. The van der Waals surface area contributed by atoms with Gasteiger partial charge in [-0.2, -0.15) is 4.31 Å². The first kappa shape index (κ1) is 20.9. The maximum atomic E-state index is 12.5. The number of amides is 1. The number of hydrogen-bond donors (Lipinski definition) is 0. The van der Waals surface area contributed by atoms with E-state index in [1.165, 1.54) is 17.1 Å². The monoisotopic (exact) mass is 380 g/mol. The van der Waals surface area contributed by atoms with Crippen molar-refractivity contribution < 1.29 is 13.2 Å². The number of nitrogens with zero attached hydrogens (tertiary/aromatic N) is 2. The molecule has 0 spiro atoms. The van der Waals surface area contributed by atoms with Gasteiger partial charge in [0.15, 0.2) is 0 Å². The van der Waals surface area contributed by atoms with Crippen molar-refractivity contribution in [2.75, 3.05) is 26.2 Å². The van der Waals surface area contributed by atoms with Crippen molar-refractivity contribution in [2.45, 2.75) is 57.8 Å². The Balaban J connectivity index is 1.95. The third kappa shape index (κ3) is 5.55. The summed E-state index contributed by atoms with van der Waals surface area (Å²) in [5.74, 6) is 0.911. The summed E-state index contributed by atoms with van der Waals surface area (Å²) in [7, 11) is -3.42. The van der Waals surface area contributed by atoms with Gasteiger partial charge in [0.1, 0.15) is 0 Å². The molecule has 1 aromatic carbocycles. The molecule has 6 heteroatoms. The molecule has 26 heavy (non-hydrogen) atoms. The van der Waals surface area contributed by atoms with Crippen LogP contribution in [-0.2, 0) is 21.2 Å². The summed E-state index contributed by atoms with van der Waals surface area (Å²) in [6, 6.07) is 6.96. The summed E-state index contributed by atoms with van der Waals surface area (Å²) >= 11 is 0. The van der Waals surface area contributed by atoms with Gasteiger partial charge in [-0.1, -0.05) is 32.9 Å². The zero-order valence-electron chi connectivity index (χ0n) is 16.3. The first-order chi connectivity index (χ1) is 12.4. The third-order valence-corrected chi connectivity index (χ3v) is 6.98. The summed E-state index contributed by atoms with van der Waals surface area (Å²) in [4.78, 5) is 14.8.